The predicted molar refractivity (Wildman–Crippen MR) is 132 cm³/mol. The standard InChI is InChI=1S/C23H29F5N6OS2/c1-20(2,37(30)35)12-15-21(5-6-22(15,24)25)7-10-34(11-8-21)16-13-32-19(18(29)33-16)36-14-4-3-9-31-17(14)23(26,27)28/h3-4,9,13,15H,5-8,10-12,30H2,1-2H3,(H2,29,33). The molecule has 204 valence electrons. The van der Waals surface area contributed by atoms with Gasteiger partial charge in [-0.1, -0.05) is 11.8 Å². The lowest BCUT2D eigenvalue weighted by atomic mass is 9.67. The summed E-state index contributed by atoms with van der Waals surface area (Å²) in [5.74, 6) is -3.38. The van der Waals surface area contributed by atoms with Crippen LogP contribution in [0.2, 0.25) is 0 Å². The molecule has 2 unspecified atom stereocenters. The fourth-order valence-electron chi connectivity index (χ4n) is 5.33. The summed E-state index contributed by atoms with van der Waals surface area (Å²) >= 11 is 0.728. The third kappa shape index (κ3) is 5.70. The maximum absolute atomic E-state index is 15.0. The minimum atomic E-state index is -4.63. The van der Waals surface area contributed by atoms with Crippen LogP contribution < -0.4 is 15.8 Å². The molecule has 37 heavy (non-hydrogen) atoms. The van der Waals surface area contributed by atoms with E-state index in [0.717, 1.165) is 18.0 Å². The predicted octanol–water partition coefficient (Wildman–Crippen LogP) is 5.05. The van der Waals surface area contributed by atoms with E-state index < -0.39 is 44.9 Å². The normalized spacial score (nSPS) is 22.4. The third-order valence-corrected chi connectivity index (χ3v) is 9.84. The highest BCUT2D eigenvalue weighted by Gasteiger charge is 2.60. The zero-order chi connectivity index (χ0) is 27.2. The Morgan fingerprint density at radius 1 is 1.16 bits per heavy atom. The summed E-state index contributed by atoms with van der Waals surface area (Å²) in [6, 6.07) is 2.68. The van der Waals surface area contributed by atoms with Gasteiger partial charge in [0.25, 0.3) is 5.92 Å². The van der Waals surface area contributed by atoms with Crippen molar-refractivity contribution < 1.29 is 26.2 Å². The summed E-state index contributed by atoms with van der Waals surface area (Å²) in [4.78, 5) is 13.8. The second-order valence-electron chi connectivity index (χ2n) is 10.3. The van der Waals surface area contributed by atoms with Gasteiger partial charge in [-0.3, -0.25) is 10.1 Å². The number of hydrogen-bond donors (Lipinski definition) is 2. The first-order chi connectivity index (χ1) is 17.1. The molecule has 3 heterocycles. The number of rotatable bonds is 6. The Kier molecular flexibility index (Phi) is 7.49. The minimum absolute atomic E-state index is 0.0304. The fourth-order valence-corrected chi connectivity index (χ4v) is 6.54. The number of anilines is 2. The maximum Gasteiger partial charge on any atom is 0.434 e. The van der Waals surface area contributed by atoms with Crippen LogP contribution in [0.5, 0.6) is 0 Å². The van der Waals surface area contributed by atoms with Gasteiger partial charge >= 0.3 is 6.18 Å². The largest absolute Gasteiger partial charge is 0.434 e. The van der Waals surface area contributed by atoms with Crippen LogP contribution in [0.1, 0.15) is 51.6 Å². The highest BCUT2D eigenvalue weighted by Crippen LogP contribution is 2.60. The van der Waals surface area contributed by atoms with Gasteiger partial charge in [-0.05, 0) is 57.1 Å². The number of halogens is 5. The quantitative estimate of drug-likeness (QED) is 0.473. The second kappa shape index (κ2) is 9.92. The van der Waals surface area contributed by atoms with E-state index in [0.29, 0.717) is 38.2 Å². The monoisotopic (exact) mass is 564 g/mol. The first-order valence-corrected chi connectivity index (χ1v) is 13.8. The van der Waals surface area contributed by atoms with Gasteiger partial charge in [-0.25, -0.2) is 23.0 Å². The van der Waals surface area contributed by atoms with Gasteiger partial charge in [-0.2, -0.15) is 13.2 Å². The van der Waals surface area contributed by atoms with Crippen LogP contribution >= 0.6 is 11.8 Å². The molecule has 4 rings (SSSR count). The van der Waals surface area contributed by atoms with Gasteiger partial charge in [-0.15, -0.1) is 0 Å². The van der Waals surface area contributed by atoms with Crippen LogP contribution in [0.15, 0.2) is 34.4 Å². The van der Waals surface area contributed by atoms with Crippen molar-refractivity contribution in [3.8, 4) is 0 Å². The molecule has 14 heteroatoms. The summed E-state index contributed by atoms with van der Waals surface area (Å²) in [7, 11) is -1.73. The Labute approximate surface area is 218 Å². The van der Waals surface area contributed by atoms with Gasteiger partial charge in [0.2, 0.25) is 0 Å². The summed E-state index contributed by atoms with van der Waals surface area (Å²) in [5.41, 5.74) is 4.41. The molecule has 0 radical (unpaired) electrons. The first-order valence-electron chi connectivity index (χ1n) is 11.8. The Morgan fingerprint density at radius 2 is 1.84 bits per heavy atom. The van der Waals surface area contributed by atoms with Crippen molar-refractivity contribution in [1.29, 1.82) is 0 Å². The van der Waals surface area contributed by atoms with Crippen molar-refractivity contribution in [3.63, 3.8) is 0 Å². The number of alkyl halides is 5. The van der Waals surface area contributed by atoms with Crippen LogP contribution in [0.4, 0.5) is 33.6 Å². The van der Waals surface area contributed by atoms with Crippen molar-refractivity contribution >= 4 is 34.4 Å². The van der Waals surface area contributed by atoms with Crippen molar-refractivity contribution in [2.45, 2.75) is 72.7 Å². The number of hydrogen-bond acceptors (Lipinski definition) is 7. The number of nitrogens with two attached hydrogens (primary N) is 2. The van der Waals surface area contributed by atoms with Gasteiger partial charge in [0.05, 0.1) is 21.9 Å². The second-order valence-corrected chi connectivity index (χ2v) is 13.0. The van der Waals surface area contributed by atoms with Crippen LogP contribution in [-0.4, -0.2) is 42.9 Å². The SMILES string of the molecule is CC(C)(CC1C(F)(F)CCC12CCN(c1cnc(Sc3cccnc3C(F)(F)F)c(N)n1)CC2)S(N)=O. The third-order valence-electron chi connectivity index (χ3n) is 7.53. The molecule has 2 atom stereocenters. The molecule has 0 bridgehead atoms. The zero-order valence-electron chi connectivity index (χ0n) is 20.4. The minimum Gasteiger partial charge on any atom is -0.381 e. The average Bonchev–Trinajstić information content (AvgIpc) is 3.05. The molecule has 0 amide bonds. The molecule has 1 aliphatic heterocycles. The van der Waals surface area contributed by atoms with Gasteiger partial charge < -0.3 is 10.6 Å². The number of aromatic nitrogens is 3. The van der Waals surface area contributed by atoms with Crippen molar-refractivity contribution in [2.24, 2.45) is 16.5 Å². The molecule has 2 fully saturated rings. The van der Waals surface area contributed by atoms with Crippen molar-refractivity contribution in [3.05, 3.63) is 30.2 Å². The summed E-state index contributed by atoms with van der Waals surface area (Å²) < 4.78 is 80.8. The zero-order valence-corrected chi connectivity index (χ0v) is 22.0. The molecule has 2 aromatic rings. The first kappa shape index (κ1) is 28.0. The lowest BCUT2D eigenvalue weighted by molar-refractivity contribution is -0.143. The molecule has 2 aliphatic rings. The van der Waals surface area contributed by atoms with Crippen LogP contribution in [0.3, 0.4) is 0 Å². The molecule has 0 aromatic carbocycles. The Balaban J connectivity index is 1.48. The lowest BCUT2D eigenvalue weighted by Gasteiger charge is -2.45. The number of piperidine rings is 1. The molecule has 1 saturated carbocycles. The topological polar surface area (TPSA) is 111 Å². The van der Waals surface area contributed by atoms with E-state index in [1.54, 1.807) is 13.8 Å². The highest BCUT2D eigenvalue weighted by atomic mass is 32.2. The number of pyridine rings is 1. The lowest BCUT2D eigenvalue weighted by Crippen LogP contribution is -2.48. The van der Waals surface area contributed by atoms with E-state index in [1.165, 1.54) is 18.3 Å². The highest BCUT2D eigenvalue weighted by molar-refractivity contribution is 7.99. The van der Waals surface area contributed by atoms with E-state index in [2.05, 4.69) is 15.0 Å². The van der Waals surface area contributed by atoms with Gasteiger partial charge in [0.15, 0.2) is 11.5 Å². The van der Waals surface area contributed by atoms with Gasteiger partial charge in [0, 0.05) is 36.5 Å². The molecule has 4 N–H and O–H groups in total. The van der Waals surface area contributed by atoms with E-state index in [9.17, 15) is 26.2 Å². The Bertz CT molecular complexity index is 1170. The molecule has 7 nitrogen and oxygen atoms in total. The molecule has 1 aliphatic carbocycles. The van der Waals surface area contributed by atoms with Crippen LogP contribution in [-0.2, 0) is 17.2 Å². The van der Waals surface area contributed by atoms with Crippen molar-refractivity contribution in [1.82, 2.24) is 15.0 Å². The van der Waals surface area contributed by atoms with E-state index in [-0.39, 0.29) is 28.6 Å². The molecule has 1 saturated heterocycles. The fraction of sp³-hybridized carbons (Fsp3) is 0.609. The van der Waals surface area contributed by atoms with Crippen LogP contribution in [0.25, 0.3) is 0 Å². The van der Waals surface area contributed by atoms with E-state index in [1.807, 2.05) is 4.90 Å². The summed E-state index contributed by atoms with van der Waals surface area (Å²) in [6.45, 7) is 4.20. The number of nitrogen functional groups attached to an aromatic ring is 1. The van der Waals surface area contributed by atoms with Crippen LogP contribution in [0, 0.1) is 11.3 Å². The molecule has 2 aromatic heterocycles. The molecular formula is C23H29F5N6OS2. The average molecular weight is 565 g/mol. The summed E-state index contributed by atoms with van der Waals surface area (Å²) in [6.07, 6.45) is -0.919. The molecule has 1 spiro atoms. The Hall–Kier alpha value is -2.06. The van der Waals surface area contributed by atoms with E-state index >= 15 is 0 Å². The van der Waals surface area contributed by atoms with E-state index in [4.69, 9.17) is 10.9 Å². The Morgan fingerprint density at radius 3 is 2.43 bits per heavy atom. The molecular weight excluding hydrogens is 535 g/mol. The summed E-state index contributed by atoms with van der Waals surface area (Å²) in [5, 5.41) is 5.70. The number of nitrogens with zero attached hydrogens (tertiary/aromatic N) is 4. The van der Waals surface area contributed by atoms with Gasteiger partial charge in [0.1, 0.15) is 10.8 Å². The van der Waals surface area contributed by atoms with Crippen molar-refractivity contribution in [2.75, 3.05) is 23.7 Å². The maximum atomic E-state index is 15.0. The smallest absolute Gasteiger partial charge is 0.381 e.